The predicted octanol–water partition coefficient (Wildman–Crippen LogP) is 24.0. The standard InChI is InChI=1S/C48H66N6O4.C36H41N5O5.C36H36N4O6/c1-9-13-14-15-16-17-18-19-20-21-24-50-43(55)23-22-35-31(7)39-26-37-29(5)33(10-2)41(51-37)27-38-30(6)34(11-3)42(52-38)28-40-32(8)45(48(57)58)47(54-40)36(46(35)53-39)25-44(56)49-12-4;1-8-21-17(4)25-14-27-19(6)23(11-12-32(43)44)34(40-27)24(13-31(42)37-10-3)35-33(36(45)46)20(7)28(41-35)16-30-22(9-2)18(5)26(39-30)15-29(21)38-25;1-8-21-16(3)25-13-27-18(5)23(10-11-31(42)45-20(7)41)34(39-27)24-12-32(43)46-36(44)33-19(6)28(40-35(24)33)15-30-22(9-2)17(4)26(38-30)14-29(21)37-25/h10,26-28,31,35,52,54H,2,9,11-25H2,1,3-8H3,(H,49,56)(H,50,55)(H,57,58);8,14-16,19,23,39,41H,1,9-13H2,2-7H3,(H,37,42)(H,43,44)(H,45,46);8,13-15,18,23,38,40H,1,9-12H2,2-7H3/t31-,35-;19-,23-;18-,23-/m000/s1. The molecular formula is C120H143N15O15. The number of nitrogens with one attached hydrogen (secondary N) is 9. The molecule has 9 aromatic rings. The Labute approximate surface area is 874 Å². The molecule has 0 radical (unpaired) electrons. The lowest BCUT2D eigenvalue weighted by Crippen LogP contribution is -2.26. The van der Waals surface area contributed by atoms with E-state index >= 15 is 0 Å². The van der Waals surface area contributed by atoms with Crippen LogP contribution in [0.25, 0.3) is 99.6 Å². The summed E-state index contributed by atoms with van der Waals surface area (Å²) in [4.78, 5) is 179. The van der Waals surface area contributed by atoms with Crippen molar-refractivity contribution < 1.29 is 72.7 Å². The molecule has 0 aromatic carbocycles. The number of ether oxygens (including phenoxy) is 2. The summed E-state index contributed by atoms with van der Waals surface area (Å²) < 4.78 is 10.1. The first-order chi connectivity index (χ1) is 71.7. The number of nitrogens with zero attached hydrogens (tertiary/aromatic N) is 6. The lowest BCUT2D eigenvalue weighted by molar-refractivity contribution is -0.158. The van der Waals surface area contributed by atoms with Gasteiger partial charge in [-0.15, -0.1) is 0 Å². The number of aromatic nitrogens is 12. The number of unbranched alkanes of at least 4 members (excludes halogenated alkanes) is 9. The van der Waals surface area contributed by atoms with Crippen molar-refractivity contribution in [1.29, 1.82) is 0 Å². The minimum absolute atomic E-state index is 0.0149. The van der Waals surface area contributed by atoms with E-state index in [1.165, 1.54) is 58.3 Å². The third-order valence-electron chi connectivity index (χ3n) is 30.9. The van der Waals surface area contributed by atoms with Crippen LogP contribution in [0.4, 0.5) is 0 Å². The second-order valence-corrected chi connectivity index (χ2v) is 40.3. The number of allylic oxidation sites excluding steroid dienone is 9. The van der Waals surface area contributed by atoms with Crippen molar-refractivity contribution in [3.05, 3.63) is 244 Å². The Kier molecular flexibility index (Phi) is 35.4. The number of aliphatic carboxylic acids is 1. The number of carbonyl (C=O) groups excluding carboxylic acids is 7. The fourth-order valence-electron chi connectivity index (χ4n) is 22.4. The van der Waals surface area contributed by atoms with Crippen molar-refractivity contribution in [2.75, 3.05) is 19.6 Å². The molecule has 0 aliphatic carbocycles. The number of H-pyrrole nitrogens is 6. The summed E-state index contributed by atoms with van der Waals surface area (Å²) in [5, 5.41) is 39.8. The maximum absolute atomic E-state index is 13.5. The molecule has 12 N–H and O–H groups in total. The largest absolute Gasteiger partial charge is 0.481 e. The van der Waals surface area contributed by atoms with Crippen LogP contribution in [0.15, 0.2) is 92.6 Å². The van der Waals surface area contributed by atoms with E-state index < -0.39 is 41.8 Å². The van der Waals surface area contributed by atoms with Gasteiger partial charge < -0.3 is 70.6 Å². The van der Waals surface area contributed by atoms with Crippen molar-refractivity contribution in [2.45, 2.75) is 308 Å². The number of amides is 3. The zero-order chi connectivity index (χ0) is 108. The zero-order valence-electron chi connectivity index (χ0n) is 90.1. The highest BCUT2D eigenvalue weighted by molar-refractivity contribution is 6.10. The molecule has 0 unspecified atom stereocenters. The summed E-state index contributed by atoms with van der Waals surface area (Å²) in [6, 6.07) is 17.8. The fourth-order valence-corrected chi connectivity index (χ4v) is 22.4. The van der Waals surface area contributed by atoms with Gasteiger partial charge in [0.1, 0.15) is 0 Å². The third-order valence-corrected chi connectivity index (χ3v) is 30.9. The van der Waals surface area contributed by atoms with Crippen molar-refractivity contribution >= 4 is 159 Å². The number of aromatic carboxylic acids is 2. The van der Waals surface area contributed by atoms with Crippen LogP contribution >= 0.6 is 0 Å². The Morgan fingerprint density at radius 1 is 0.407 bits per heavy atom. The second kappa shape index (κ2) is 48.0. The van der Waals surface area contributed by atoms with Gasteiger partial charge in [0.25, 0.3) is 0 Å². The van der Waals surface area contributed by atoms with Gasteiger partial charge in [0.05, 0.1) is 104 Å². The molecule has 3 amide bonds. The number of carbonyl (C=O) groups is 10. The monoisotopic (exact) mass is 2030 g/mol. The maximum atomic E-state index is 13.5. The number of carboxylic acids is 3. The fraction of sp³-hybridized carbons (Fsp3) is 0.417. The lowest BCUT2D eigenvalue weighted by atomic mass is 9.84. The molecule has 0 saturated carbocycles. The number of esters is 4. The molecule has 0 fully saturated rings. The van der Waals surface area contributed by atoms with E-state index in [1.54, 1.807) is 19.9 Å². The molecule has 30 nitrogen and oxygen atoms in total. The molecule has 0 spiro atoms. The van der Waals surface area contributed by atoms with E-state index in [1.807, 2.05) is 116 Å². The van der Waals surface area contributed by atoms with Gasteiger partial charge in [0.2, 0.25) is 17.7 Å². The van der Waals surface area contributed by atoms with Gasteiger partial charge in [-0.1, -0.05) is 144 Å². The molecule has 7 aliphatic rings. The Bertz CT molecular complexity index is 7660. The van der Waals surface area contributed by atoms with Gasteiger partial charge in [0, 0.05) is 181 Å². The van der Waals surface area contributed by atoms with E-state index in [0.29, 0.717) is 122 Å². The van der Waals surface area contributed by atoms with Crippen LogP contribution in [0.3, 0.4) is 0 Å². The molecule has 30 heteroatoms. The maximum Gasteiger partial charge on any atom is 0.348 e. The summed E-state index contributed by atoms with van der Waals surface area (Å²) in [7, 11) is 0. The van der Waals surface area contributed by atoms with Crippen LogP contribution < -0.4 is 16.0 Å². The molecule has 16 rings (SSSR count). The average Bonchev–Trinajstić information content (AvgIpc) is 1.64. The van der Waals surface area contributed by atoms with Crippen molar-refractivity contribution in [3.8, 4) is 0 Å². The SMILES string of the molecule is C=CC1=C(C)c2cc3nc(c(CC(=O)NCC)c4[nH]c(cc5[nH]c(cc1n2)c(C)c5CC)c(C)c4C(=O)O)[C@@H](CCC(=O)NCCCCCCCCCCCC)[C@@H]3C.C=CC1=C(C)c2cc3nc(c(CC(=O)NCC)c4[nH]c(cc5[nH]c(cc1n2)c(C)c5CC)c(C)c4C(=O)O)[C@@H](CCC(=O)O)[C@@H]3C.C=CC1=C(C)c2cc3nc(c4c5[nH]c(cc6[nH]c(cc1n2)c(C)c6CC)c(C)c5C(=O)OC(=O)C4)[C@@H](CCC(=O)OC(C)=O)[C@@H]3C. The average molecular weight is 2040 g/mol. The number of aryl methyl sites for hydroxylation is 9. The number of fused-ring (bicyclic) bond motifs is 24. The predicted molar refractivity (Wildman–Crippen MR) is 591 cm³/mol. The molecule has 24 bridgehead atoms. The van der Waals surface area contributed by atoms with Gasteiger partial charge in [-0.2, -0.15) is 0 Å². The molecule has 6 atom stereocenters. The van der Waals surface area contributed by atoms with Crippen LogP contribution in [0.2, 0.25) is 0 Å². The molecule has 150 heavy (non-hydrogen) atoms. The van der Waals surface area contributed by atoms with Gasteiger partial charge in [-0.25, -0.2) is 29.3 Å². The van der Waals surface area contributed by atoms with Gasteiger partial charge in [-0.3, -0.25) is 48.5 Å². The number of carboxylic acid groups (broad SMARTS) is 3. The third kappa shape index (κ3) is 23.3. The first-order valence-corrected chi connectivity index (χ1v) is 53.0. The first-order valence-electron chi connectivity index (χ1n) is 53.0. The van der Waals surface area contributed by atoms with Crippen molar-refractivity contribution in [2.24, 2.45) is 0 Å². The van der Waals surface area contributed by atoms with Gasteiger partial charge >= 0.3 is 41.8 Å². The number of hydrogen-bond acceptors (Lipinski definition) is 18. The molecule has 7 aliphatic heterocycles. The summed E-state index contributed by atoms with van der Waals surface area (Å²) in [5.41, 5.74) is 32.8. The zero-order valence-corrected chi connectivity index (χ0v) is 90.1. The highest BCUT2D eigenvalue weighted by Crippen LogP contribution is 2.49. The first kappa shape index (κ1) is 111. The summed E-state index contributed by atoms with van der Waals surface area (Å²) in [6.07, 6.45) is 20.9. The number of hydrogen-bond donors (Lipinski definition) is 12. The molecule has 16 heterocycles. The number of rotatable bonds is 34. The van der Waals surface area contributed by atoms with Crippen LogP contribution in [0.1, 0.15) is 394 Å². The smallest absolute Gasteiger partial charge is 0.348 e. The molecule has 0 saturated heterocycles. The molecular weight excluding hydrogens is 1890 g/mol. The molecule has 9 aromatic heterocycles. The summed E-state index contributed by atoms with van der Waals surface area (Å²) in [5.74, 6) is -7.94. The van der Waals surface area contributed by atoms with E-state index in [2.05, 4.69) is 127 Å². The van der Waals surface area contributed by atoms with Crippen LogP contribution in [0, 0.1) is 41.5 Å². The van der Waals surface area contributed by atoms with Crippen molar-refractivity contribution in [1.82, 2.24) is 75.8 Å². The quantitative estimate of drug-likeness (QED) is 0.0101. The Hall–Kier alpha value is -15.1. The van der Waals surface area contributed by atoms with Crippen molar-refractivity contribution in [3.63, 3.8) is 0 Å². The van der Waals surface area contributed by atoms with E-state index in [4.69, 9.17) is 39.4 Å². The van der Waals surface area contributed by atoms with Crippen LogP contribution in [0.5, 0.6) is 0 Å². The van der Waals surface area contributed by atoms with E-state index in [9.17, 15) is 63.3 Å². The van der Waals surface area contributed by atoms with Gasteiger partial charge in [-0.05, 0) is 242 Å². The van der Waals surface area contributed by atoms with Crippen LogP contribution in [-0.4, -0.2) is 154 Å². The summed E-state index contributed by atoms with van der Waals surface area (Å²) >= 11 is 0. The topological polar surface area (TPSA) is 458 Å². The molecule has 788 valence electrons. The minimum atomic E-state index is -1.13. The van der Waals surface area contributed by atoms with E-state index in [-0.39, 0.29) is 115 Å². The van der Waals surface area contributed by atoms with Gasteiger partial charge in [0.15, 0.2) is 0 Å². The Morgan fingerprint density at radius 3 is 1.14 bits per heavy atom. The number of aromatic amines is 6. The highest BCUT2D eigenvalue weighted by atomic mass is 16.6. The van der Waals surface area contributed by atoms with E-state index in [0.717, 1.165) is 178 Å². The normalized spacial score (nSPS) is 16.2. The number of cyclic esters (lactones) is 2. The number of likely N-dealkylation sites (N-methyl/N-ethyl adjacent to an activating group) is 2. The lowest BCUT2D eigenvalue weighted by Gasteiger charge is -2.18. The minimum Gasteiger partial charge on any atom is -0.481 e. The summed E-state index contributed by atoms with van der Waals surface area (Å²) in [6.45, 7) is 50.8. The second-order valence-electron chi connectivity index (χ2n) is 40.3. The highest BCUT2D eigenvalue weighted by Gasteiger charge is 2.40. The van der Waals surface area contributed by atoms with Crippen LogP contribution in [-0.2, 0) is 81.6 Å². The Morgan fingerprint density at radius 2 is 0.767 bits per heavy atom. The Balaban J connectivity index is 0.000000179.